The van der Waals surface area contributed by atoms with Crippen LogP contribution in [-0.4, -0.2) is 23.0 Å². The van der Waals surface area contributed by atoms with E-state index < -0.39 is 17.9 Å². The molecule has 1 amide bonds. The SMILES string of the molecule is CCCC(NC(=O)C(c1ccccc1)c1ccccc1)C(=O)O. The Bertz CT molecular complexity index is 601. The molecule has 4 heteroatoms. The molecule has 0 radical (unpaired) electrons. The Morgan fingerprint density at radius 1 is 0.957 bits per heavy atom. The first-order valence-corrected chi connectivity index (χ1v) is 7.76. The fourth-order valence-electron chi connectivity index (χ4n) is 2.59. The lowest BCUT2D eigenvalue weighted by Gasteiger charge is -2.21. The highest BCUT2D eigenvalue weighted by Crippen LogP contribution is 2.25. The first kappa shape index (κ1) is 16.7. The van der Waals surface area contributed by atoms with Crippen molar-refractivity contribution in [2.45, 2.75) is 31.7 Å². The number of rotatable bonds is 7. The molecular weight excluding hydrogens is 290 g/mol. The van der Waals surface area contributed by atoms with Gasteiger partial charge in [-0.3, -0.25) is 4.79 Å². The van der Waals surface area contributed by atoms with Crippen molar-refractivity contribution in [1.82, 2.24) is 5.32 Å². The third-order valence-corrected chi connectivity index (χ3v) is 3.72. The highest BCUT2D eigenvalue weighted by molar-refractivity contribution is 5.90. The molecule has 4 nitrogen and oxygen atoms in total. The number of benzene rings is 2. The number of carbonyl (C=O) groups is 2. The molecule has 2 rings (SSSR count). The summed E-state index contributed by atoms with van der Waals surface area (Å²) >= 11 is 0. The number of carboxylic acids is 1. The van der Waals surface area contributed by atoms with E-state index in [1.54, 1.807) is 0 Å². The molecule has 0 aromatic heterocycles. The second-order valence-corrected chi connectivity index (χ2v) is 5.44. The van der Waals surface area contributed by atoms with Crippen LogP contribution in [0.5, 0.6) is 0 Å². The normalized spacial score (nSPS) is 11.9. The summed E-state index contributed by atoms with van der Waals surface area (Å²) in [6, 6.07) is 17.9. The van der Waals surface area contributed by atoms with E-state index in [0.29, 0.717) is 12.8 Å². The van der Waals surface area contributed by atoms with E-state index in [2.05, 4.69) is 5.32 Å². The van der Waals surface area contributed by atoms with Crippen molar-refractivity contribution in [2.75, 3.05) is 0 Å². The quantitative estimate of drug-likeness (QED) is 0.825. The topological polar surface area (TPSA) is 66.4 Å². The minimum Gasteiger partial charge on any atom is -0.480 e. The van der Waals surface area contributed by atoms with Gasteiger partial charge in [0.2, 0.25) is 5.91 Å². The molecule has 2 aromatic rings. The molecule has 0 aliphatic heterocycles. The minimum absolute atomic E-state index is 0.289. The Labute approximate surface area is 136 Å². The van der Waals surface area contributed by atoms with E-state index in [1.807, 2.05) is 67.6 Å². The predicted molar refractivity (Wildman–Crippen MR) is 89.2 cm³/mol. The first-order chi connectivity index (χ1) is 11.1. The van der Waals surface area contributed by atoms with Crippen LogP contribution in [0.2, 0.25) is 0 Å². The second-order valence-electron chi connectivity index (χ2n) is 5.44. The molecular formula is C19H21NO3. The van der Waals surface area contributed by atoms with Crippen molar-refractivity contribution < 1.29 is 14.7 Å². The van der Waals surface area contributed by atoms with E-state index in [-0.39, 0.29) is 5.91 Å². The Morgan fingerprint density at radius 3 is 1.83 bits per heavy atom. The summed E-state index contributed by atoms with van der Waals surface area (Å²) in [5.74, 6) is -1.81. The molecule has 120 valence electrons. The lowest BCUT2D eigenvalue weighted by molar-refractivity contribution is -0.142. The van der Waals surface area contributed by atoms with Crippen LogP contribution >= 0.6 is 0 Å². The van der Waals surface area contributed by atoms with Gasteiger partial charge in [-0.05, 0) is 17.5 Å². The molecule has 0 saturated carbocycles. The van der Waals surface area contributed by atoms with E-state index in [1.165, 1.54) is 0 Å². The molecule has 0 fully saturated rings. The fraction of sp³-hybridized carbons (Fsp3) is 0.263. The van der Waals surface area contributed by atoms with Gasteiger partial charge in [-0.1, -0.05) is 74.0 Å². The maximum atomic E-state index is 12.8. The summed E-state index contributed by atoms with van der Waals surface area (Å²) in [4.78, 5) is 24.1. The standard InChI is InChI=1S/C19H21NO3/c1-2-9-16(19(22)23)20-18(21)17(14-10-5-3-6-11-14)15-12-7-4-8-13-15/h3-8,10-13,16-17H,2,9H2,1H3,(H,20,21)(H,22,23). The van der Waals surface area contributed by atoms with Gasteiger partial charge in [0, 0.05) is 0 Å². The number of carboxylic acid groups (broad SMARTS) is 1. The third-order valence-electron chi connectivity index (χ3n) is 3.72. The maximum absolute atomic E-state index is 12.8. The van der Waals surface area contributed by atoms with Crippen LogP contribution in [-0.2, 0) is 9.59 Å². The Morgan fingerprint density at radius 2 is 1.43 bits per heavy atom. The van der Waals surface area contributed by atoms with Crippen molar-refractivity contribution in [3.63, 3.8) is 0 Å². The number of amides is 1. The number of hydrogen-bond donors (Lipinski definition) is 2. The first-order valence-electron chi connectivity index (χ1n) is 7.76. The van der Waals surface area contributed by atoms with Crippen molar-refractivity contribution in [1.29, 1.82) is 0 Å². The average molecular weight is 311 g/mol. The largest absolute Gasteiger partial charge is 0.480 e. The van der Waals surface area contributed by atoms with Crippen molar-refractivity contribution in [2.24, 2.45) is 0 Å². The van der Waals surface area contributed by atoms with Gasteiger partial charge in [0.25, 0.3) is 0 Å². The molecule has 0 aliphatic rings. The third kappa shape index (κ3) is 4.42. The van der Waals surface area contributed by atoms with Crippen LogP contribution in [0.4, 0.5) is 0 Å². The molecule has 1 unspecified atom stereocenters. The molecule has 0 saturated heterocycles. The van der Waals surface area contributed by atoms with Gasteiger partial charge >= 0.3 is 5.97 Å². The molecule has 2 aromatic carbocycles. The highest BCUT2D eigenvalue weighted by Gasteiger charge is 2.27. The number of nitrogens with one attached hydrogen (secondary N) is 1. The summed E-state index contributed by atoms with van der Waals surface area (Å²) in [5, 5.41) is 11.9. The van der Waals surface area contributed by atoms with Crippen LogP contribution in [0.3, 0.4) is 0 Å². The summed E-state index contributed by atoms with van der Waals surface area (Å²) in [6.45, 7) is 1.90. The Hall–Kier alpha value is -2.62. The van der Waals surface area contributed by atoms with E-state index in [4.69, 9.17) is 0 Å². The molecule has 2 N–H and O–H groups in total. The predicted octanol–water partition coefficient (Wildman–Crippen LogP) is 3.19. The van der Waals surface area contributed by atoms with E-state index >= 15 is 0 Å². The van der Waals surface area contributed by atoms with E-state index in [9.17, 15) is 14.7 Å². The van der Waals surface area contributed by atoms with Crippen LogP contribution in [0.25, 0.3) is 0 Å². The van der Waals surface area contributed by atoms with Crippen molar-refractivity contribution in [3.8, 4) is 0 Å². The zero-order chi connectivity index (χ0) is 16.7. The van der Waals surface area contributed by atoms with Gasteiger partial charge in [0.15, 0.2) is 0 Å². The van der Waals surface area contributed by atoms with Crippen LogP contribution in [0, 0.1) is 0 Å². The maximum Gasteiger partial charge on any atom is 0.326 e. The molecule has 0 spiro atoms. The Kier molecular flexibility index (Phi) is 5.92. The van der Waals surface area contributed by atoms with Crippen molar-refractivity contribution >= 4 is 11.9 Å². The smallest absolute Gasteiger partial charge is 0.326 e. The zero-order valence-corrected chi connectivity index (χ0v) is 13.1. The number of aliphatic carboxylic acids is 1. The van der Waals surface area contributed by atoms with E-state index in [0.717, 1.165) is 11.1 Å². The van der Waals surface area contributed by atoms with Gasteiger partial charge < -0.3 is 10.4 Å². The highest BCUT2D eigenvalue weighted by atomic mass is 16.4. The molecule has 1 atom stereocenters. The summed E-state index contributed by atoms with van der Waals surface area (Å²) in [5.41, 5.74) is 1.69. The van der Waals surface area contributed by atoms with Gasteiger partial charge in [-0.15, -0.1) is 0 Å². The van der Waals surface area contributed by atoms with Gasteiger partial charge in [-0.2, -0.15) is 0 Å². The lowest BCUT2D eigenvalue weighted by atomic mass is 9.90. The zero-order valence-electron chi connectivity index (χ0n) is 13.1. The fourth-order valence-corrected chi connectivity index (χ4v) is 2.59. The summed E-state index contributed by atoms with van der Waals surface area (Å²) < 4.78 is 0. The molecule has 0 heterocycles. The van der Waals surface area contributed by atoms with Gasteiger partial charge in [-0.25, -0.2) is 4.79 Å². The minimum atomic E-state index is -1.000. The molecule has 0 bridgehead atoms. The van der Waals surface area contributed by atoms with Crippen LogP contribution < -0.4 is 5.32 Å². The lowest BCUT2D eigenvalue weighted by Crippen LogP contribution is -2.43. The van der Waals surface area contributed by atoms with Gasteiger partial charge in [0.05, 0.1) is 5.92 Å². The summed E-state index contributed by atoms with van der Waals surface area (Å²) in [6.07, 6.45) is 1.11. The van der Waals surface area contributed by atoms with Gasteiger partial charge in [0.1, 0.15) is 6.04 Å². The number of hydrogen-bond acceptors (Lipinski definition) is 2. The van der Waals surface area contributed by atoms with Crippen molar-refractivity contribution in [3.05, 3.63) is 71.8 Å². The number of carbonyl (C=O) groups excluding carboxylic acids is 1. The van der Waals surface area contributed by atoms with Crippen LogP contribution in [0.1, 0.15) is 36.8 Å². The second kappa shape index (κ2) is 8.13. The average Bonchev–Trinajstić information content (AvgIpc) is 2.56. The monoisotopic (exact) mass is 311 g/mol. The van der Waals surface area contributed by atoms with Crippen LogP contribution in [0.15, 0.2) is 60.7 Å². The molecule has 23 heavy (non-hydrogen) atoms. The molecule has 0 aliphatic carbocycles. The Balaban J connectivity index is 2.30. The summed E-state index contributed by atoms with van der Waals surface area (Å²) in [7, 11) is 0.